The molecule has 1 aliphatic heterocycles. The topological polar surface area (TPSA) is 67.8 Å². The smallest absolute Gasteiger partial charge is 0.286 e. The van der Waals surface area contributed by atoms with Gasteiger partial charge in [-0.3, -0.25) is 9.59 Å². The van der Waals surface area contributed by atoms with Gasteiger partial charge in [-0.2, -0.15) is 4.99 Å². The third-order valence-electron chi connectivity index (χ3n) is 3.50. The number of benzene rings is 2. The van der Waals surface area contributed by atoms with Crippen LogP contribution in [0.1, 0.15) is 18.1 Å². The van der Waals surface area contributed by atoms with Crippen LogP contribution in [0.2, 0.25) is 10.0 Å². The summed E-state index contributed by atoms with van der Waals surface area (Å²) < 4.78 is 5.88. The van der Waals surface area contributed by atoms with E-state index in [2.05, 4.69) is 10.3 Å². The predicted molar refractivity (Wildman–Crippen MR) is 109 cm³/mol. The molecule has 0 bridgehead atoms. The molecule has 2 aromatic carbocycles. The van der Waals surface area contributed by atoms with Gasteiger partial charge in [-0.05, 0) is 42.1 Å². The first-order valence-electron chi connectivity index (χ1n) is 7.88. The number of carbonyl (C=O) groups is 2. The maximum atomic E-state index is 12.1. The molecule has 0 fully saturated rings. The lowest BCUT2D eigenvalue weighted by Gasteiger charge is -2.11. The maximum absolute atomic E-state index is 12.1. The van der Waals surface area contributed by atoms with Gasteiger partial charge < -0.3 is 10.1 Å². The van der Waals surface area contributed by atoms with Crippen molar-refractivity contribution in [3.8, 4) is 5.75 Å². The first-order chi connectivity index (χ1) is 12.9. The Morgan fingerprint density at radius 2 is 2.04 bits per heavy atom. The molecule has 0 aliphatic carbocycles. The summed E-state index contributed by atoms with van der Waals surface area (Å²) in [7, 11) is 0. The summed E-state index contributed by atoms with van der Waals surface area (Å²) in [5.41, 5.74) is 1.47. The molecule has 27 heavy (non-hydrogen) atoms. The van der Waals surface area contributed by atoms with E-state index in [4.69, 9.17) is 27.9 Å². The summed E-state index contributed by atoms with van der Waals surface area (Å²) in [5.74, 6) is -0.171. The van der Waals surface area contributed by atoms with Gasteiger partial charge in [0, 0.05) is 28.1 Å². The highest BCUT2D eigenvalue weighted by Gasteiger charge is 2.23. The molecular formula is C19H14Cl2N2O3S. The molecule has 2 aromatic rings. The first-order valence-corrected chi connectivity index (χ1v) is 9.45. The number of rotatable bonds is 4. The van der Waals surface area contributed by atoms with Gasteiger partial charge >= 0.3 is 0 Å². The minimum Gasteiger partial charge on any atom is -0.488 e. The largest absolute Gasteiger partial charge is 0.488 e. The zero-order chi connectivity index (χ0) is 19.4. The van der Waals surface area contributed by atoms with Crippen LogP contribution < -0.4 is 10.1 Å². The number of amides is 2. The van der Waals surface area contributed by atoms with Crippen molar-refractivity contribution in [2.45, 2.75) is 13.5 Å². The number of aliphatic imine (C=N–C) groups is 1. The molecule has 0 radical (unpaired) electrons. The second-order valence-electron chi connectivity index (χ2n) is 5.58. The lowest BCUT2D eigenvalue weighted by molar-refractivity contribution is -0.117. The SMILES string of the molecule is CC(=O)NC1=NC(=O)/C(=C/c2cc(Cl)ccc2OCc2ccccc2Cl)S1. The highest BCUT2D eigenvalue weighted by atomic mass is 35.5. The monoisotopic (exact) mass is 420 g/mol. The Morgan fingerprint density at radius 3 is 2.78 bits per heavy atom. The van der Waals surface area contributed by atoms with Crippen molar-refractivity contribution < 1.29 is 14.3 Å². The molecule has 3 rings (SSSR count). The Hall–Kier alpha value is -2.28. The number of amidine groups is 1. The molecule has 1 aliphatic rings. The molecule has 0 aromatic heterocycles. The number of thioether (sulfide) groups is 1. The Balaban J connectivity index is 1.82. The number of hydrogen-bond donors (Lipinski definition) is 1. The highest BCUT2D eigenvalue weighted by molar-refractivity contribution is 8.18. The molecule has 0 spiro atoms. The molecule has 8 heteroatoms. The van der Waals surface area contributed by atoms with Crippen LogP contribution in [0.4, 0.5) is 0 Å². The van der Waals surface area contributed by atoms with Crippen LogP contribution in [0, 0.1) is 0 Å². The first kappa shape index (κ1) is 19.5. The van der Waals surface area contributed by atoms with Crippen molar-refractivity contribution in [2.24, 2.45) is 4.99 Å². The van der Waals surface area contributed by atoms with Crippen LogP contribution in [-0.2, 0) is 16.2 Å². The third-order valence-corrected chi connectivity index (χ3v) is 5.01. The van der Waals surface area contributed by atoms with Crippen molar-refractivity contribution in [3.63, 3.8) is 0 Å². The van der Waals surface area contributed by atoms with E-state index < -0.39 is 5.91 Å². The number of halogens is 2. The van der Waals surface area contributed by atoms with Crippen LogP contribution in [0.25, 0.3) is 6.08 Å². The summed E-state index contributed by atoms with van der Waals surface area (Å²) in [6, 6.07) is 12.5. The molecule has 1 heterocycles. The van der Waals surface area contributed by atoms with E-state index >= 15 is 0 Å². The standard InChI is InChI=1S/C19H14Cl2N2O3S/c1-11(24)22-19-23-18(25)17(27-19)9-13-8-14(20)6-7-16(13)26-10-12-4-2-3-5-15(12)21/h2-9H,10H2,1H3,(H,22,23,24,25)/b17-9-. The van der Waals surface area contributed by atoms with Gasteiger partial charge in [-0.1, -0.05) is 41.4 Å². The number of nitrogens with zero attached hydrogens (tertiary/aromatic N) is 1. The number of hydrogen-bond acceptors (Lipinski definition) is 4. The zero-order valence-corrected chi connectivity index (χ0v) is 16.5. The van der Waals surface area contributed by atoms with Crippen LogP contribution in [0.15, 0.2) is 52.4 Å². The van der Waals surface area contributed by atoms with Gasteiger partial charge in [0.25, 0.3) is 5.91 Å². The average Bonchev–Trinajstić information content (AvgIpc) is 2.94. The van der Waals surface area contributed by atoms with Crippen molar-refractivity contribution in [3.05, 3.63) is 68.5 Å². The van der Waals surface area contributed by atoms with E-state index in [9.17, 15) is 9.59 Å². The van der Waals surface area contributed by atoms with Crippen LogP contribution >= 0.6 is 35.0 Å². The van der Waals surface area contributed by atoms with Crippen LogP contribution in [0.5, 0.6) is 5.75 Å². The molecule has 0 atom stereocenters. The molecule has 0 saturated carbocycles. The zero-order valence-electron chi connectivity index (χ0n) is 14.2. The van der Waals surface area contributed by atoms with Gasteiger partial charge in [-0.15, -0.1) is 0 Å². The number of carbonyl (C=O) groups excluding carboxylic acids is 2. The van der Waals surface area contributed by atoms with Gasteiger partial charge in [0.2, 0.25) is 5.91 Å². The predicted octanol–water partition coefficient (Wildman–Crippen LogP) is 4.68. The normalized spacial score (nSPS) is 15.0. The van der Waals surface area contributed by atoms with Crippen molar-refractivity contribution in [1.29, 1.82) is 0 Å². The van der Waals surface area contributed by atoms with E-state index in [1.165, 1.54) is 6.92 Å². The van der Waals surface area contributed by atoms with E-state index in [1.807, 2.05) is 18.2 Å². The summed E-state index contributed by atoms with van der Waals surface area (Å²) >= 11 is 13.3. The molecule has 138 valence electrons. The number of nitrogens with one attached hydrogen (secondary N) is 1. The summed E-state index contributed by atoms with van der Waals surface area (Å²) in [5, 5.41) is 3.87. The fourth-order valence-corrected chi connectivity index (χ4v) is 3.51. The van der Waals surface area contributed by atoms with E-state index in [1.54, 1.807) is 30.3 Å². The van der Waals surface area contributed by atoms with Crippen molar-refractivity contribution >= 4 is 58.0 Å². The molecular weight excluding hydrogens is 407 g/mol. The lowest BCUT2D eigenvalue weighted by atomic mass is 10.1. The maximum Gasteiger partial charge on any atom is 0.286 e. The molecule has 2 amide bonds. The minimum absolute atomic E-state index is 0.249. The van der Waals surface area contributed by atoms with Crippen molar-refractivity contribution in [1.82, 2.24) is 5.32 Å². The van der Waals surface area contributed by atoms with Crippen molar-refractivity contribution in [2.75, 3.05) is 0 Å². The summed E-state index contributed by atoms with van der Waals surface area (Å²) in [4.78, 5) is 27.4. The van der Waals surface area contributed by atoms with E-state index in [-0.39, 0.29) is 17.7 Å². The summed E-state index contributed by atoms with van der Waals surface area (Å²) in [6.07, 6.45) is 1.64. The second-order valence-corrected chi connectivity index (χ2v) is 7.45. The van der Waals surface area contributed by atoms with Crippen LogP contribution in [-0.4, -0.2) is 17.0 Å². The van der Waals surface area contributed by atoms with Gasteiger partial charge in [0.15, 0.2) is 5.17 Å². The Labute approximate surface area is 170 Å². The van der Waals surface area contributed by atoms with Gasteiger partial charge in [0.1, 0.15) is 12.4 Å². The van der Waals surface area contributed by atoms with Crippen LogP contribution in [0.3, 0.4) is 0 Å². The van der Waals surface area contributed by atoms with E-state index in [0.29, 0.717) is 26.3 Å². The highest BCUT2D eigenvalue weighted by Crippen LogP contribution is 2.32. The minimum atomic E-state index is -0.430. The second kappa shape index (κ2) is 8.61. The molecule has 5 nitrogen and oxygen atoms in total. The van der Waals surface area contributed by atoms with Gasteiger partial charge in [-0.25, -0.2) is 0 Å². The molecule has 0 unspecified atom stereocenters. The van der Waals surface area contributed by atoms with E-state index in [0.717, 1.165) is 17.3 Å². The Kier molecular flexibility index (Phi) is 6.21. The Bertz CT molecular complexity index is 973. The number of ether oxygens (including phenoxy) is 1. The fourth-order valence-electron chi connectivity index (χ4n) is 2.29. The lowest BCUT2D eigenvalue weighted by Crippen LogP contribution is -2.23. The summed E-state index contributed by atoms with van der Waals surface area (Å²) in [6.45, 7) is 1.62. The fraction of sp³-hybridized carbons (Fsp3) is 0.105. The third kappa shape index (κ3) is 5.13. The Morgan fingerprint density at radius 1 is 1.26 bits per heavy atom. The average molecular weight is 421 g/mol. The molecule has 1 N–H and O–H groups in total. The van der Waals surface area contributed by atoms with Gasteiger partial charge in [0.05, 0.1) is 4.91 Å². The molecule has 0 saturated heterocycles. The quantitative estimate of drug-likeness (QED) is 0.729.